The molecule has 4 nitrogen and oxygen atoms in total. The summed E-state index contributed by atoms with van der Waals surface area (Å²) in [6.07, 6.45) is 5.61. The molecular formula is C24H22N4. The van der Waals surface area contributed by atoms with E-state index in [1.165, 1.54) is 27.7 Å². The van der Waals surface area contributed by atoms with Crippen molar-refractivity contribution in [3.63, 3.8) is 0 Å². The highest BCUT2D eigenvalue weighted by Gasteiger charge is 2.20. The zero-order chi connectivity index (χ0) is 18.8. The maximum atomic E-state index is 4.74. The molecular weight excluding hydrogens is 344 g/mol. The largest absolute Gasteiger partial charge is 0.368 e. The first kappa shape index (κ1) is 16.8. The van der Waals surface area contributed by atoms with Crippen LogP contribution in [0, 0.1) is 0 Å². The molecule has 4 heteroatoms. The highest BCUT2D eigenvalue weighted by atomic mass is 15.3. The van der Waals surface area contributed by atoms with Crippen LogP contribution in [0.1, 0.15) is 0 Å². The van der Waals surface area contributed by atoms with Gasteiger partial charge in [0.05, 0.1) is 11.4 Å². The van der Waals surface area contributed by atoms with Crippen LogP contribution in [-0.4, -0.2) is 36.1 Å². The third-order valence-corrected chi connectivity index (χ3v) is 5.46. The van der Waals surface area contributed by atoms with Crippen molar-refractivity contribution in [1.29, 1.82) is 0 Å². The highest BCUT2D eigenvalue weighted by molar-refractivity contribution is 5.88. The van der Waals surface area contributed by atoms with Crippen molar-refractivity contribution in [2.45, 2.75) is 0 Å². The highest BCUT2D eigenvalue weighted by Crippen LogP contribution is 2.31. The van der Waals surface area contributed by atoms with Crippen LogP contribution < -0.4 is 9.80 Å². The van der Waals surface area contributed by atoms with Gasteiger partial charge in [-0.3, -0.25) is 9.97 Å². The minimum absolute atomic E-state index is 0.981. The Morgan fingerprint density at radius 2 is 1.39 bits per heavy atom. The molecule has 0 spiro atoms. The van der Waals surface area contributed by atoms with Gasteiger partial charge in [-0.05, 0) is 41.1 Å². The molecule has 5 rings (SSSR count). The lowest BCUT2D eigenvalue weighted by molar-refractivity contribution is 0.653. The third kappa shape index (κ3) is 3.18. The number of hydrogen-bond donors (Lipinski definition) is 0. The SMILES string of the molecule is c1cnc(-c2ccc3ccccc3c2)c(N2CCN(c3ccncc3)CC2)c1. The van der Waals surface area contributed by atoms with E-state index in [2.05, 4.69) is 75.4 Å². The average Bonchev–Trinajstić information content (AvgIpc) is 2.79. The molecule has 3 heterocycles. The molecule has 1 aliphatic rings. The second-order valence-electron chi connectivity index (χ2n) is 7.11. The Kier molecular flexibility index (Phi) is 4.37. The second-order valence-corrected chi connectivity index (χ2v) is 7.11. The van der Waals surface area contributed by atoms with Gasteiger partial charge in [0.2, 0.25) is 0 Å². The number of rotatable bonds is 3. The molecule has 0 radical (unpaired) electrons. The van der Waals surface area contributed by atoms with Gasteiger partial charge in [0.15, 0.2) is 0 Å². The van der Waals surface area contributed by atoms with E-state index >= 15 is 0 Å². The molecule has 2 aromatic heterocycles. The van der Waals surface area contributed by atoms with Crippen molar-refractivity contribution in [3.8, 4) is 11.3 Å². The molecule has 1 aliphatic heterocycles. The summed E-state index contributed by atoms with van der Waals surface area (Å²) in [6, 6.07) is 23.5. The number of hydrogen-bond acceptors (Lipinski definition) is 4. The van der Waals surface area contributed by atoms with E-state index in [0.717, 1.165) is 31.9 Å². The first-order valence-corrected chi connectivity index (χ1v) is 9.73. The molecule has 0 N–H and O–H groups in total. The fraction of sp³-hybridized carbons (Fsp3) is 0.167. The predicted octanol–water partition coefficient (Wildman–Crippen LogP) is 4.62. The molecule has 0 atom stereocenters. The normalized spacial score (nSPS) is 14.4. The molecule has 0 saturated carbocycles. The van der Waals surface area contributed by atoms with Crippen molar-refractivity contribution < 1.29 is 0 Å². The number of benzene rings is 2. The van der Waals surface area contributed by atoms with Gasteiger partial charge in [-0.15, -0.1) is 0 Å². The number of nitrogens with zero attached hydrogens (tertiary/aromatic N) is 4. The van der Waals surface area contributed by atoms with Crippen molar-refractivity contribution in [2.24, 2.45) is 0 Å². The first-order valence-electron chi connectivity index (χ1n) is 9.73. The minimum Gasteiger partial charge on any atom is -0.368 e. The van der Waals surface area contributed by atoms with Crippen molar-refractivity contribution >= 4 is 22.1 Å². The lowest BCUT2D eigenvalue weighted by Crippen LogP contribution is -2.46. The first-order chi connectivity index (χ1) is 13.9. The molecule has 0 amide bonds. The van der Waals surface area contributed by atoms with Gasteiger partial charge in [-0.25, -0.2) is 0 Å². The van der Waals surface area contributed by atoms with Crippen LogP contribution in [-0.2, 0) is 0 Å². The number of pyridine rings is 2. The standard InChI is InChI=1S/C24H22N4/c1-2-5-20-18-21(8-7-19(20)4-1)24-23(6-3-11-26-24)28-16-14-27(15-17-28)22-9-12-25-13-10-22/h1-13,18H,14-17H2. The molecule has 2 aromatic carbocycles. The van der Waals surface area contributed by atoms with Crippen LogP contribution in [0.5, 0.6) is 0 Å². The van der Waals surface area contributed by atoms with E-state index in [-0.39, 0.29) is 0 Å². The van der Waals surface area contributed by atoms with Gasteiger partial charge >= 0.3 is 0 Å². The lowest BCUT2D eigenvalue weighted by Gasteiger charge is -2.37. The van der Waals surface area contributed by atoms with E-state index in [1.807, 2.05) is 24.7 Å². The van der Waals surface area contributed by atoms with Crippen molar-refractivity contribution in [3.05, 3.63) is 85.3 Å². The summed E-state index contributed by atoms with van der Waals surface area (Å²) in [6.45, 7) is 3.95. The van der Waals surface area contributed by atoms with Gasteiger partial charge in [0.1, 0.15) is 0 Å². The summed E-state index contributed by atoms with van der Waals surface area (Å²) in [5.74, 6) is 0. The molecule has 1 fully saturated rings. The lowest BCUT2D eigenvalue weighted by atomic mass is 10.0. The number of anilines is 2. The third-order valence-electron chi connectivity index (χ3n) is 5.46. The van der Waals surface area contributed by atoms with Crippen LogP contribution >= 0.6 is 0 Å². The Morgan fingerprint density at radius 3 is 2.21 bits per heavy atom. The summed E-state index contributed by atoms with van der Waals surface area (Å²) in [5.41, 5.74) is 4.69. The molecule has 138 valence electrons. The molecule has 1 saturated heterocycles. The maximum absolute atomic E-state index is 4.74. The van der Waals surface area contributed by atoms with E-state index in [9.17, 15) is 0 Å². The summed E-state index contributed by atoms with van der Waals surface area (Å²) in [5, 5.41) is 2.51. The topological polar surface area (TPSA) is 32.3 Å². The summed E-state index contributed by atoms with van der Waals surface area (Å²) >= 11 is 0. The van der Waals surface area contributed by atoms with E-state index in [1.54, 1.807) is 0 Å². The van der Waals surface area contributed by atoms with Crippen LogP contribution in [0.25, 0.3) is 22.0 Å². The summed E-state index contributed by atoms with van der Waals surface area (Å²) in [7, 11) is 0. The van der Waals surface area contributed by atoms with Crippen LogP contribution in [0.4, 0.5) is 11.4 Å². The van der Waals surface area contributed by atoms with Gasteiger partial charge in [0, 0.05) is 56.0 Å². The molecule has 28 heavy (non-hydrogen) atoms. The van der Waals surface area contributed by atoms with Gasteiger partial charge in [-0.2, -0.15) is 0 Å². The Labute approximate surface area is 165 Å². The van der Waals surface area contributed by atoms with Crippen LogP contribution in [0.15, 0.2) is 85.3 Å². The average molecular weight is 366 g/mol. The maximum Gasteiger partial charge on any atom is 0.0935 e. The van der Waals surface area contributed by atoms with Crippen molar-refractivity contribution in [2.75, 3.05) is 36.0 Å². The second kappa shape index (κ2) is 7.31. The summed E-state index contributed by atoms with van der Waals surface area (Å²) < 4.78 is 0. The fourth-order valence-corrected chi connectivity index (χ4v) is 3.97. The molecule has 0 bridgehead atoms. The minimum atomic E-state index is 0.981. The number of piperazine rings is 1. The Balaban J connectivity index is 1.42. The quantitative estimate of drug-likeness (QED) is 0.529. The Morgan fingerprint density at radius 1 is 0.643 bits per heavy atom. The Hall–Kier alpha value is -3.40. The van der Waals surface area contributed by atoms with E-state index in [0.29, 0.717) is 0 Å². The smallest absolute Gasteiger partial charge is 0.0935 e. The Bertz CT molecular complexity index is 1090. The predicted molar refractivity (Wildman–Crippen MR) is 116 cm³/mol. The van der Waals surface area contributed by atoms with Gasteiger partial charge < -0.3 is 9.80 Å². The van der Waals surface area contributed by atoms with Crippen molar-refractivity contribution in [1.82, 2.24) is 9.97 Å². The van der Waals surface area contributed by atoms with Crippen LogP contribution in [0.3, 0.4) is 0 Å². The monoisotopic (exact) mass is 366 g/mol. The summed E-state index contributed by atoms with van der Waals surface area (Å²) in [4.78, 5) is 13.7. The van der Waals surface area contributed by atoms with Crippen LogP contribution in [0.2, 0.25) is 0 Å². The molecule has 0 aliphatic carbocycles. The number of fused-ring (bicyclic) bond motifs is 1. The van der Waals surface area contributed by atoms with Gasteiger partial charge in [-0.1, -0.05) is 36.4 Å². The van der Waals surface area contributed by atoms with E-state index in [4.69, 9.17) is 4.98 Å². The fourth-order valence-electron chi connectivity index (χ4n) is 3.97. The molecule has 0 unspecified atom stereocenters. The molecule has 4 aromatic rings. The number of aromatic nitrogens is 2. The zero-order valence-electron chi connectivity index (χ0n) is 15.7. The van der Waals surface area contributed by atoms with Gasteiger partial charge in [0.25, 0.3) is 0 Å². The zero-order valence-corrected chi connectivity index (χ0v) is 15.7. The van der Waals surface area contributed by atoms with E-state index < -0.39 is 0 Å².